The van der Waals surface area contributed by atoms with E-state index in [0.29, 0.717) is 12.3 Å². The van der Waals surface area contributed by atoms with E-state index in [0.717, 1.165) is 19.3 Å². The zero-order chi connectivity index (χ0) is 10.6. The first-order valence-corrected chi connectivity index (χ1v) is 5.30. The first-order valence-electron chi connectivity index (χ1n) is 5.30. The van der Waals surface area contributed by atoms with Crippen LogP contribution in [0.3, 0.4) is 0 Å². The van der Waals surface area contributed by atoms with Gasteiger partial charge in [-0.2, -0.15) is 0 Å². The number of urea groups is 1. The van der Waals surface area contributed by atoms with Crippen molar-refractivity contribution in [3.8, 4) is 0 Å². The highest BCUT2D eigenvalue weighted by atomic mass is 16.2. The van der Waals surface area contributed by atoms with Gasteiger partial charge in [-0.05, 0) is 31.1 Å². The molecule has 15 heavy (non-hydrogen) atoms. The lowest BCUT2D eigenvalue weighted by molar-refractivity contribution is -0.148. The van der Waals surface area contributed by atoms with Crippen LogP contribution in [0.2, 0.25) is 0 Å². The summed E-state index contributed by atoms with van der Waals surface area (Å²) in [6.07, 6.45) is 3.61. The average molecular weight is 208 g/mol. The van der Waals surface area contributed by atoms with Crippen LogP contribution in [0.1, 0.15) is 25.7 Å². The standard InChI is InChI=1S/C10H12N2O3/c13-7-10(8(14)12-9(15)11-7)4-5-1-2-6(10)3-5/h5-6H,1-4H2,(H2,11,12,13,14,15). The van der Waals surface area contributed by atoms with Crippen molar-refractivity contribution in [2.45, 2.75) is 25.7 Å². The van der Waals surface area contributed by atoms with Crippen molar-refractivity contribution in [1.29, 1.82) is 0 Å². The zero-order valence-electron chi connectivity index (χ0n) is 8.21. The third-order valence-electron chi connectivity index (χ3n) is 4.11. The van der Waals surface area contributed by atoms with Crippen LogP contribution in [0.25, 0.3) is 0 Å². The summed E-state index contributed by atoms with van der Waals surface area (Å²) in [4.78, 5) is 34.6. The smallest absolute Gasteiger partial charge is 0.277 e. The predicted octanol–water partition coefficient (Wildman–Crippen LogP) is 0.159. The molecule has 1 spiro atoms. The molecule has 5 nitrogen and oxygen atoms in total. The molecule has 2 aliphatic carbocycles. The number of barbiturate groups is 1. The maximum absolute atomic E-state index is 11.8. The second-order valence-electron chi connectivity index (χ2n) is 4.79. The van der Waals surface area contributed by atoms with Gasteiger partial charge in [0.25, 0.3) is 0 Å². The Balaban J connectivity index is 2.00. The summed E-state index contributed by atoms with van der Waals surface area (Å²) < 4.78 is 0. The van der Waals surface area contributed by atoms with Gasteiger partial charge in [0.05, 0.1) is 0 Å². The largest absolute Gasteiger partial charge is 0.328 e. The number of rotatable bonds is 0. The van der Waals surface area contributed by atoms with E-state index in [1.54, 1.807) is 0 Å². The first-order chi connectivity index (χ1) is 7.13. The Labute approximate surface area is 86.6 Å². The molecule has 3 rings (SSSR count). The SMILES string of the molecule is O=C1NC(=O)C2(CC3CCC2C3)C(=O)N1. The van der Waals surface area contributed by atoms with Crippen LogP contribution in [0.15, 0.2) is 0 Å². The van der Waals surface area contributed by atoms with Gasteiger partial charge in [0.2, 0.25) is 11.8 Å². The summed E-state index contributed by atoms with van der Waals surface area (Å²) in [5, 5.41) is 4.44. The van der Waals surface area contributed by atoms with Crippen molar-refractivity contribution in [3.63, 3.8) is 0 Å². The van der Waals surface area contributed by atoms with Crippen molar-refractivity contribution in [1.82, 2.24) is 10.6 Å². The molecule has 2 unspecified atom stereocenters. The minimum Gasteiger partial charge on any atom is -0.277 e. The fourth-order valence-corrected chi connectivity index (χ4v) is 3.45. The molecule has 3 aliphatic rings. The first kappa shape index (κ1) is 8.88. The third-order valence-corrected chi connectivity index (χ3v) is 4.11. The van der Waals surface area contributed by atoms with E-state index in [9.17, 15) is 14.4 Å². The van der Waals surface area contributed by atoms with E-state index >= 15 is 0 Å². The van der Waals surface area contributed by atoms with E-state index in [1.165, 1.54) is 0 Å². The fraction of sp³-hybridized carbons (Fsp3) is 0.700. The molecule has 3 fully saturated rings. The van der Waals surface area contributed by atoms with Gasteiger partial charge < -0.3 is 0 Å². The summed E-state index contributed by atoms with van der Waals surface area (Å²) in [5.74, 6) is -0.151. The Bertz CT molecular complexity index is 357. The quantitative estimate of drug-likeness (QED) is 0.557. The average Bonchev–Trinajstić information content (AvgIpc) is 2.74. The van der Waals surface area contributed by atoms with E-state index < -0.39 is 11.4 Å². The zero-order valence-corrected chi connectivity index (χ0v) is 8.21. The van der Waals surface area contributed by atoms with Crippen LogP contribution in [0.5, 0.6) is 0 Å². The molecular formula is C10H12N2O3. The van der Waals surface area contributed by atoms with Crippen LogP contribution >= 0.6 is 0 Å². The number of amides is 4. The number of hydrogen-bond acceptors (Lipinski definition) is 3. The molecule has 1 aliphatic heterocycles. The van der Waals surface area contributed by atoms with Crippen LogP contribution in [0.4, 0.5) is 4.79 Å². The fourth-order valence-electron chi connectivity index (χ4n) is 3.45. The van der Waals surface area contributed by atoms with Gasteiger partial charge in [-0.3, -0.25) is 20.2 Å². The molecule has 5 heteroatoms. The topological polar surface area (TPSA) is 75.3 Å². The molecule has 4 amide bonds. The van der Waals surface area contributed by atoms with Gasteiger partial charge in [-0.15, -0.1) is 0 Å². The minimum atomic E-state index is -0.934. The Morgan fingerprint density at radius 1 is 1.07 bits per heavy atom. The minimum absolute atomic E-state index is 0.135. The van der Waals surface area contributed by atoms with Gasteiger partial charge in [-0.25, -0.2) is 4.79 Å². The maximum atomic E-state index is 11.8. The lowest BCUT2D eigenvalue weighted by atomic mass is 9.71. The number of carbonyl (C=O) groups is 3. The second-order valence-corrected chi connectivity index (χ2v) is 4.79. The second kappa shape index (κ2) is 2.59. The highest BCUT2D eigenvalue weighted by Gasteiger charge is 2.62. The molecule has 1 saturated heterocycles. The molecular weight excluding hydrogens is 196 g/mol. The van der Waals surface area contributed by atoms with E-state index in [1.807, 2.05) is 0 Å². The monoisotopic (exact) mass is 208 g/mol. The van der Waals surface area contributed by atoms with Crippen molar-refractivity contribution in [2.75, 3.05) is 0 Å². The lowest BCUT2D eigenvalue weighted by Gasteiger charge is -2.36. The summed E-state index contributed by atoms with van der Waals surface area (Å²) >= 11 is 0. The number of imide groups is 2. The van der Waals surface area contributed by atoms with E-state index in [2.05, 4.69) is 10.6 Å². The van der Waals surface area contributed by atoms with Crippen LogP contribution in [0, 0.1) is 17.3 Å². The number of hydrogen-bond donors (Lipinski definition) is 2. The van der Waals surface area contributed by atoms with Crippen molar-refractivity contribution < 1.29 is 14.4 Å². The molecule has 0 radical (unpaired) electrons. The molecule has 0 aromatic heterocycles. The predicted molar refractivity (Wildman–Crippen MR) is 49.6 cm³/mol. The number of carbonyl (C=O) groups excluding carboxylic acids is 3. The summed E-state index contributed by atoms with van der Waals surface area (Å²) in [6, 6.07) is -0.682. The number of fused-ring (bicyclic) bond motifs is 3. The van der Waals surface area contributed by atoms with Crippen LogP contribution in [-0.4, -0.2) is 17.8 Å². The van der Waals surface area contributed by atoms with Gasteiger partial charge in [0.1, 0.15) is 5.41 Å². The van der Waals surface area contributed by atoms with Gasteiger partial charge in [0.15, 0.2) is 0 Å². The normalized spacial score (nSPS) is 36.9. The molecule has 2 atom stereocenters. The molecule has 2 saturated carbocycles. The molecule has 0 aromatic carbocycles. The molecule has 1 heterocycles. The summed E-state index contributed by atoms with van der Waals surface area (Å²) in [6.45, 7) is 0. The van der Waals surface area contributed by atoms with E-state index in [4.69, 9.17) is 0 Å². The van der Waals surface area contributed by atoms with Gasteiger partial charge in [-0.1, -0.05) is 6.42 Å². The lowest BCUT2D eigenvalue weighted by Crippen LogP contribution is -2.64. The van der Waals surface area contributed by atoms with Crippen LogP contribution < -0.4 is 10.6 Å². The molecule has 0 aromatic rings. The highest BCUT2D eigenvalue weighted by Crippen LogP contribution is 2.56. The summed E-state index contributed by atoms with van der Waals surface area (Å²) in [5.41, 5.74) is -0.934. The maximum Gasteiger partial charge on any atom is 0.328 e. The Kier molecular flexibility index (Phi) is 1.53. The Hall–Kier alpha value is -1.39. The van der Waals surface area contributed by atoms with Crippen molar-refractivity contribution in [3.05, 3.63) is 0 Å². The molecule has 2 bridgehead atoms. The molecule has 2 N–H and O–H groups in total. The molecule has 80 valence electrons. The van der Waals surface area contributed by atoms with Crippen molar-refractivity contribution in [2.24, 2.45) is 17.3 Å². The third kappa shape index (κ3) is 0.952. The highest BCUT2D eigenvalue weighted by molar-refractivity contribution is 6.19. The Morgan fingerprint density at radius 3 is 2.20 bits per heavy atom. The summed E-state index contributed by atoms with van der Waals surface area (Å²) in [7, 11) is 0. The van der Waals surface area contributed by atoms with Gasteiger partial charge >= 0.3 is 6.03 Å². The van der Waals surface area contributed by atoms with Gasteiger partial charge in [0, 0.05) is 0 Å². The van der Waals surface area contributed by atoms with Crippen molar-refractivity contribution >= 4 is 17.8 Å². The number of nitrogens with one attached hydrogen (secondary N) is 2. The Morgan fingerprint density at radius 2 is 1.73 bits per heavy atom. The van der Waals surface area contributed by atoms with E-state index in [-0.39, 0.29) is 17.7 Å². The van der Waals surface area contributed by atoms with Crippen LogP contribution in [-0.2, 0) is 9.59 Å².